The first-order valence-electron chi connectivity index (χ1n) is 7.47. The van der Waals surface area contributed by atoms with Crippen molar-refractivity contribution in [1.29, 1.82) is 0 Å². The summed E-state index contributed by atoms with van der Waals surface area (Å²) in [6.45, 7) is 4.14. The predicted molar refractivity (Wildman–Crippen MR) is 86.6 cm³/mol. The van der Waals surface area contributed by atoms with Crippen LogP contribution in [0.5, 0.6) is 0 Å². The van der Waals surface area contributed by atoms with Crippen LogP contribution in [0.3, 0.4) is 0 Å². The van der Waals surface area contributed by atoms with Crippen LogP contribution in [0.15, 0.2) is 42.6 Å². The van der Waals surface area contributed by atoms with Crippen molar-refractivity contribution < 1.29 is 0 Å². The second-order valence-corrected chi connectivity index (χ2v) is 5.85. The number of anilines is 1. The highest BCUT2D eigenvalue weighted by atomic mass is 15.2. The van der Waals surface area contributed by atoms with E-state index in [9.17, 15) is 0 Å². The Morgan fingerprint density at radius 2 is 1.90 bits per heavy atom. The van der Waals surface area contributed by atoms with Crippen LogP contribution in [-0.2, 0) is 20.0 Å². The molecule has 0 spiro atoms. The van der Waals surface area contributed by atoms with Crippen molar-refractivity contribution in [3.8, 4) is 0 Å². The molecule has 3 nitrogen and oxygen atoms in total. The summed E-state index contributed by atoms with van der Waals surface area (Å²) in [5.41, 5.74) is 5.44. The molecule has 0 fully saturated rings. The second kappa shape index (κ2) is 4.62. The van der Waals surface area contributed by atoms with Gasteiger partial charge in [0.1, 0.15) is 5.82 Å². The molecule has 0 unspecified atom stereocenters. The highest BCUT2D eigenvalue weighted by molar-refractivity contribution is 5.91. The van der Waals surface area contributed by atoms with Gasteiger partial charge >= 0.3 is 0 Å². The molecule has 3 heteroatoms. The maximum Gasteiger partial charge on any atom is 0.138 e. The molecule has 1 aliphatic heterocycles. The summed E-state index contributed by atoms with van der Waals surface area (Å²) in [4.78, 5) is 7.08. The molecule has 0 atom stereocenters. The Bertz CT molecular complexity index is 816. The van der Waals surface area contributed by atoms with E-state index in [2.05, 4.69) is 64.8 Å². The van der Waals surface area contributed by atoms with Gasteiger partial charge < -0.3 is 9.47 Å². The van der Waals surface area contributed by atoms with Crippen LogP contribution < -0.4 is 4.90 Å². The van der Waals surface area contributed by atoms with Gasteiger partial charge in [0.05, 0.1) is 5.52 Å². The van der Waals surface area contributed by atoms with Gasteiger partial charge in [0.15, 0.2) is 0 Å². The fourth-order valence-corrected chi connectivity index (χ4v) is 3.31. The van der Waals surface area contributed by atoms with E-state index in [1.165, 1.54) is 27.7 Å². The predicted octanol–water partition coefficient (Wildman–Crippen LogP) is 3.44. The summed E-state index contributed by atoms with van der Waals surface area (Å²) in [5.74, 6) is 1.12. The third kappa shape index (κ3) is 1.92. The van der Waals surface area contributed by atoms with Gasteiger partial charge in [-0.15, -0.1) is 0 Å². The number of aryl methyl sites for hydroxylation is 2. The Morgan fingerprint density at radius 1 is 1.10 bits per heavy atom. The lowest BCUT2D eigenvalue weighted by Crippen LogP contribution is -2.31. The minimum Gasteiger partial charge on any atom is -0.351 e. The smallest absolute Gasteiger partial charge is 0.138 e. The van der Waals surface area contributed by atoms with Crippen LogP contribution in [0, 0.1) is 6.92 Å². The summed E-state index contributed by atoms with van der Waals surface area (Å²) >= 11 is 0. The van der Waals surface area contributed by atoms with Gasteiger partial charge in [-0.2, -0.15) is 0 Å². The van der Waals surface area contributed by atoms with E-state index in [4.69, 9.17) is 0 Å². The molecule has 0 N–H and O–H groups in total. The monoisotopic (exact) mass is 277 g/mol. The molecule has 0 aliphatic carbocycles. The third-order valence-corrected chi connectivity index (χ3v) is 4.62. The van der Waals surface area contributed by atoms with Gasteiger partial charge in [0, 0.05) is 37.4 Å². The van der Waals surface area contributed by atoms with Crippen molar-refractivity contribution in [3.05, 3.63) is 59.4 Å². The Labute approximate surface area is 124 Å². The molecule has 0 saturated carbocycles. The normalized spacial score (nSPS) is 14.5. The molecule has 3 heterocycles. The quantitative estimate of drug-likeness (QED) is 0.679. The van der Waals surface area contributed by atoms with Crippen molar-refractivity contribution in [1.82, 2.24) is 9.55 Å². The van der Waals surface area contributed by atoms with Crippen molar-refractivity contribution >= 4 is 16.7 Å². The van der Waals surface area contributed by atoms with Crippen LogP contribution in [-0.4, -0.2) is 16.1 Å². The number of aromatic nitrogens is 2. The molecular formula is C18H19N3. The SMILES string of the molecule is Cc1cc2c(N3CCc4ccccc4C3)nccc2n1C. The third-order valence-electron chi connectivity index (χ3n) is 4.62. The van der Waals surface area contributed by atoms with Crippen LogP contribution in [0.4, 0.5) is 5.82 Å². The minimum atomic E-state index is 0.955. The van der Waals surface area contributed by atoms with E-state index in [0.29, 0.717) is 0 Å². The van der Waals surface area contributed by atoms with Crippen molar-refractivity contribution in [2.24, 2.45) is 7.05 Å². The zero-order chi connectivity index (χ0) is 14.4. The summed E-state index contributed by atoms with van der Waals surface area (Å²) in [6, 6.07) is 13.1. The summed E-state index contributed by atoms with van der Waals surface area (Å²) < 4.78 is 2.23. The zero-order valence-electron chi connectivity index (χ0n) is 12.5. The average molecular weight is 277 g/mol. The molecule has 2 aromatic heterocycles. The largest absolute Gasteiger partial charge is 0.351 e. The lowest BCUT2D eigenvalue weighted by atomic mass is 10.00. The first kappa shape index (κ1) is 12.5. The van der Waals surface area contributed by atoms with Gasteiger partial charge in [-0.25, -0.2) is 4.98 Å². The molecule has 3 aromatic rings. The molecule has 0 radical (unpaired) electrons. The van der Waals surface area contributed by atoms with E-state index in [1.807, 2.05) is 6.20 Å². The number of rotatable bonds is 1. The molecule has 1 aromatic carbocycles. The highest BCUT2D eigenvalue weighted by Crippen LogP contribution is 2.30. The number of hydrogen-bond donors (Lipinski definition) is 0. The number of hydrogen-bond acceptors (Lipinski definition) is 2. The van der Waals surface area contributed by atoms with Crippen LogP contribution in [0.2, 0.25) is 0 Å². The molecule has 0 saturated heterocycles. The van der Waals surface area contributed by atoms with Gasteiger partial charge in [0.2, 0.25) is 0 Å². The van der Waals surface area contributed by atoms with Crippen molar-refractivity contribution in [2.75, 3.05) is 11.4 Å². The fraction of sp³-hybridized carbons (Fsp3) is 0.278. The first-order valence-corrected chi connectivity index (χ1v) is 7.47. The topological polar surface area (TPSA) is 21.1 Å². The summed E-state index contributed by atoms with van der Waals surface area (Å²) in [6.07, 6.45) is 3.03. The zero-order valence-corrected chi connectivity index (χ0v) is 12.5. The lowest BCUT2D eigenvalue weighted by molar-refractivity contribution is 0.724. The first-order chi connectivity index (χ1) is 10.2. The Balaban J connectivity index is 1.80. The van der Waals surface area contributed by atoms with Crippen molar-refractivity contribution in [2.45, 2.75) is 19.9 Å². The van der Waals surface area contributed by atoms with Gasteiger partial charge in [-0.05, 0) is 36.6 Å². The van der Waals surface area contributed by atoms with Gasteiger partial charge in [0.25, 0.3) is 0 Å². The maximum atomic E-state index is 4.67. The van der Waals surface area contributed by atoms with Crippen LogP contribution in [0.1, 0.15) is 16.8 Å². The molecule has 106 valence electrons. The number of nitrogens with zero attached hydrogens (tertiary/aromatic N) is 3. The molecular weight excluding hydrogens is 258 g/mol. The van der Waals surface area contributed by atoms with Crippen LogP contribution in [0.25, 0.3) is 10.9 Å². The highest BCUT2D eigenvalue weighted by Gasteiger charge is 2.19. The molecule has 0 amide bonds. The molecule has 21 heavy (non-hydrogen) atoms. The van der Waals surface area contributed by atoms with E-state index < -0.39 is 0 Å². The van der Waals surface area contributed by atoms with Gasteiger partial charge in [-0.1, -0.05) is 24.3 Å². The lowest BCUT2D eigenvalue weighted by Gasteiger charge is -2.30. The van der Waals surface area contributed by atoms with E-state index >= 15 is 0 Å². The number of benzene rings is 1. The number of pyridine rings is 1. The second-order valence-electron chi connectivity index (χ2n) is 5.85. The van der Waals surface area contributed by atoms with Gasteiger partial charge in [-0.3, -0.25) is 0 Å². The Hall–Kier alpha value is -2.29. The Kier molecular flexibility index (Phi) is 2.74. The number of fused-ring (bicyclic) bond motifs is 2. The molecule has 1 aliphatic rings. The average Bonchev–Trinajstić information content (AvgIpc) is 2.82. The Morgan fingerprint density at radius 3 is 2.76 bits per heavy atom. The molecule has 0 bridgehead atoms. The molecule has 4 rings (SSSR count). The van der Waals surface area contributed by atoms with Crippen molar-refractivity contribution in [3.63, 3.8) is 0 Å². The maximum absolute atomic E-state index is 4.67. The minimum absolute atomic E-state index is 0.955. The van der Waals surface area contributed by atoms with Crippen LogP contribution >= 0.6 is 0 Å². The van der Waals surface area contributed by atoms with E-state index in [1.54, 1.807) is 0 Å². The standard InChI is InChI=1S/C18H19N3/c1-13-11-16-17(20(13)2)7-9-19-18(16)21-10-8-14-5-3-4-6-15(14)12-21/h3-7,9,11H,8,10,12H2,1-2H3. The fourth-order valence-electron chi connectivity index (χ4n) is 3.31. The summed E-state index contributed by atoms with van der Waals surface area (Å²) in [7, 11) is 2.12. The van der Waals surface area contributed by atoms with E-state index in [0.717, 1.165) is 25.3 Å². The van der Waals surface area contributed by atoms with E-state index in [-0.39, 0.29) is 0 Å². The summed E-state index contributed by atoms with van der Waals surface area (Å²) in [5, 5.41) is 1.26.